The van der Waals surface area contributed by atoms with Crippen molar-refractivity contribution in [1.29, 1.82) is 0 Å². The minimum Gasteiger partial charge on any atom is -0.322 e. The fourth-order valence-electron chi connectivity index (χ4n) is 2.78. The molecule has 0 aliphatic carbocycles. The Bertz CT molecular complexity index is 988. The van der Waals surface area contributed by atoms with Crippen molar-refractivity contribution >= 4 is 44.8 Å². The van der Waals surface area contributed by atoms with Gasteiger partial charge in [-0.05, 0) is 44.2 Å². The van der Waals surface area contributed by atoms with Crippen LogP contribution in [0.15, 0.2) is 48.5 Å². The number of amides is 2. The van der Waals surface area contributed by atoms with E-state index in [0.717, 1.165) is 0 Å². The van der Waals surface area contributed by atoms with Gasteiger partial charge in [-0.15, -0.1) is 0 Å². The van der Waals surface area contributed by atoms with Gasteiger partial charge in [0.05, 0.1) is 21.9 Å². The zero-order valence-electron chi connectivity index (χ0n) is 14.2. The molecule has 0 aromatic heterocycles. The number of anilines is 2. The number of hydrogen-bond donors (Lipinski definition) is 1. The van der Waals surface area contributed by atoms with Gasteiger partial charge in [0.1, 0.15) is 0 Å². The molecule has 0 bridgehead atoms. The van der Waals surface area contributed by atoms with Crippen molar-refractivity contribution < 1.29 is 18.0 Å². The molecular formula is C18H17ClN2O4S. The monoisotopic (exact) mass is 392 g/mol. The summed E-state index contributed by atoms with van der Waals surface area (Å²) >= 11 is 6.14. The molecule has 2 aromatic carbocycles. The van der Waals surface area contributed by atoms with Gasteiger partial charge in [-0.2, -0.15) is 0 Å². The maximum atomic E-state index is 12.6. The lowest BCUT2D eigenvalue weighted by Crippen LogP contribution is -2.33. The van der Waals surface area contributed by atoms with Crippen molar-refractivity contribution in [3.05, 3.63) is 59.1 Å². The highest BCUT2D eigenvalue weighted by Crippen LogP contribution is 2.39. The molecule has 1 N–H and O–H groups in total. The van der Waals surface area contributed by atoms with Gasteiger partial charge < -0.3 is 5.32 Å². The number of nitrogens with one attached hydrogen (secondary N) is 1. The van der Waals surface area contributed by atoms with Gasteiger partial charge in [-0.1, -0.05) is 29.8 Å². The van der Waals surface area contributed by atoms with Crippen molar-refractivity contribution in [2.24, 2.45) is 5.41 Å². The van der Waals surface area contributed by atoms with Crippen molar-refractivity contribution in [2.45, 2.75) is 13.8 Å². The topological polar surface area (TPSA) is 83.6 Å². The summed E-state index contributed by atoms with van der Waals surface area (Å²) in [7, 11) is -3.85. The lowest BCUT2D eigenvalue weighted by molar-refractivity contribution is -0.123. The number of carbonyl (C=O) groups excluding carboxylic acids is 2. The Balaban J connectivity index is 1.99. The normalized spacial score (nSPS) is 18.0. The number of para-hydroxylation sites is 1. The van der Waals surface area contributed by atoms with Crippen LogP contribution < -0.4 is 9.62 Å². The molecule has 1 fully saturated rings. The second-order valence-corrected chi connectivity index (χ2v) is 8.92. The fourth-order valence-corrected chi connectivity index (χ4v) is 5.14. The second-order valence-electron chi connectivity index (χ2n) is 6.70. The fraction of sp³-hybridized carbons (Fsp3) is 0.222. The van der Waals surface area contributed by atoms with Crippen LogP contribution in [-0.2, 0) is 14.8 Å². The molecular weight excluding hydrogens is 376 g/mol. The molecule has 2 amide bonds. The summed E-state index contributed by atoms with van der Waals surface area (Å²) in [6, 6.07) is 13.0. The number of sulfonamides is 1. The van der Waals surface area contributed by atoms with Gasteiger partial charge in [0, 0.05) is 11.3 Å². The van der Waals surface area contributed by atoms with E-state index in [0.29, 0.717) is 9.99 Å². The maximum absolute atomic E-state index is 12.6. The van der Waals surface area contributed by atoms with Crippen LogP contribution in [0.25, 0.3) is 0 Å². The first-order valence-electron chi connectivity index (χ1n) is 7.85. The van der Waals surface area contributed by atoms with Crippen LogP contribution in [0.5, 0.6) is 0 Å². The molecule has 8 heteroatoms. The smallest absolute Gasteiger partial charge is 0.255 e. The van der Waals surface area contributed by atoms with Crippen molar-refractivity contribution in [3.63, 3.8) is 0 Å². The summed E-state index contributed by atoms with van der Waals surface area (Å²) in [5.41, 5.74) is -0.270. The van der Waals surface area contributed by atoms with E-state index >= 15 is 0 Å². The Morgan fingerprint density at radius 3 is 2.38 bits per heavy atom. The van der Waals surface area contributed by atoms with Gasteiger partial charge in [-0.25, -0.2) is 12.7 Å². The van der Waals surface area contributed by atoms with Gasteiger partial charge in [-0.3, -0.25) is 9.59 Å². The third kappa shape index (κ3) is 3.32. The summed E-state index contributed by atoms with van der Waals surface area (Å²) in [5, 5.41) is 2.79. The van der Waals surface area contributed by atoms with Gasteiger partial charge in [0.2, 0.25) is 15.9 Å². The van der Waals surface area contributed by atoms with E-state index in [2.05, 4.69) is 5.32 Å². The highest BCUT2D eigenvalue weighted by atomic mass is 35.5. The minimum atomic E-state index is -3.85. The lowest BCUT2D eigenvalue weighted by Gasteiger charge is -2.19. The molecule has 2 aromatic rings. The average Bonchev–Trinajstić information content (AvgIpc) is 2.72. The van der Waals surface area contributed by atoms with Gasteiger partial charge in [0.15, 0.2) is 0 Å². The van der Waals surface area contributed by atoms with Crippen LogP contribution in [0.1, 0.15) is 24.2 Å². The second kappa shape index (κ2) is 6.41. The third-order valence-corrected chi connectivity index (χ3v) is 6.37. The van der Waals surface area contributed by atoms with Gasteiger partial charge in [0.25, 0.3) is 5.91 Å². The number of carbonyl (C=O) groups is 2. The molecule has 0 atom stereocenters. The van der Waals surface area contributed by atoms with Gasteiger partial charge >= 0.3 is 0 Å². The highest BCUT2D eigenvalue weighted by molar-refractivity contribution is 7.94. The number of benzene rings is 2. The molecule has 6 nitrogen and oxygen atoms in total. The number of halogens is 1. The molecule has 0 radical (unpaired) electrons. The van der Waals surface area contributed by atoms with E-state index in [4.69, 9.17) is 11.6 Å². The lowest BCUT2D eigenvalue weighted by atomic mass is 9.95. The average molecular weight is 393 g/mol. The number of nitrogens with zero attached hydrogens (tertiary/aromatic N) is 1. The Morgan fingerprint density at radius 2 is 1.81 bits per heavy atom. The SMILES string of the molecule is CC1(C)CS(=O)(=O)N(c2cc(C(=O)Nc3ccccc3)ccc2Cl)C1=O. The third-order valence-electron chi connectivity index (χ3n) is 4.04. The first-order valence-corrected chi connectivity index (χ1v) is 9.84. The van der Waals surface area contributed by atoms with E-state index in [9.17, 15) is 18.0 Å². The van der Waals surface area contributed by atoms with E-state index in [1.165, 1.54) is 18.2 Å². The zero-order chi connectivity index (χ0) is 19.1. The number of rotatable bonds is 3. The predicted octanol–water partition coefficient (Wildman–Crippen LogP) is 3.29. The van der Waals surface area contributed by atoms with E-state index in [-0.39, 0.29) is 22.0 Å². The van der Waals surface area contributed by atoms with Crippen LogP contribution in [0.2, 0.25) is 5.02 Å². The molecule has 0 unspecified atom stereocenters. The Morgan fingerprint density at radius 1 is 1.15 bits per heavy atom. The largest absolute Gasteiger partial charge is 0.322 e. The minimum absolute atomic E-state index is 0.0112. The molecule has 136 valence electrons. The molecule has 0 saturated carbocycles. The van der Waals surface area contributed by atoms with Crippen molar-refractivity contribution in [3.8, 4) is 0 Å². The molecule has 0 spiro atoms. The molecule has 3 rings (SSSR count). The Labute approximate surface area is 156 Å². The van der Waals surface area contributed by atoms with E-state index in [1.54, 1.807) is 38.1 Å². The van der Waals surface area contributed by atoms with Crippen LogP contribution in [0.3, 0.4) is 0 Å². The summed E-state index contributed by atoms with van der Waals surface area (Å²) in [6.07, 6.45) is 0. The van der Waals surface area contributed by atoms with E-state index < -0.39 is 27.3 Å². The maximum Gasteiger partial charge on any atom is 0.255 e. The van der Waals surface area contributed by atoms with E-state index in [1.807, 2.05) is 6.07 Å². The molecule has 1 heterocycles. The summed E-state index contributed by atoms with van der Waals surface area (Å²) < 4.78 is 25.6. The standard InChI is InChI=1S/C18H17ClN2O4S/c1-18(2)11-26(24,25)21(17(18)23)15-10-12(8-9-14(15)19)16(22)20-13-6-4-3-5-7-13/h3-10H,11H2,1-2H3,(H,20,22). The molecule has 1 aliphatic heterocycles. The Hall–Kier alpha value is -2.38. The van der Waals surface area contributed by atoms with Crippen LogP contribution in [0, 0.1) is 5.41 Å². The molecule has 1 aliphatic rings. The predicted molar refractivity (Wildman–Crippen MR) is 101 cm³/mol. The van der Waals surface area contributed by atoms with Crippen LogP contribution in [-0.4, -0.2) is 26.0 Å². The van der Waals surface area contributed by atoms with Crippen LogP contribution in [0.4, 0.5) is 11.4 Å². The summed E-state index contributed by atoms with van der Waals surface area (Å²) in [6.45, 7) is 3.12. The first-order chi connectivity index (χ1) is 12.1. The quantitative estimate of drug-likeness (QED) is 0.868. The molecule has 26 heavy (non-hydrogen) atoms. The summed E-state index contributed by atoms with van der Waals surface area (Å²) in [4.78, 5) is 25.0. The Kier molecular flexibility index (Phi) is 4.54. The zero-order valence-corrected chi connectivity index (χ0v) is 15.8. The van der Waals surface area contributed by atoms with Crippen LogP contribution >= 0.6 is 11.6 Å². The highest BCUT2D eigenvalue weighted by Gasteiger charge is 2.50. The molecule has 1 saturated heterocycles. The first kappa shape index (κ1) is 18.4. The summed E-state index contributed by atoms with van der Waals surface area (Å²) in [5.74, 6) is -1.31. The van der Waals surface area contributed by atoms with Crippen molar-refractivity contribution in [2.75, 3.05) is 15.4 Å². The number of hydrogen-bond acceptors (Lipinski definition) is 4. The van der Waals surface area contributed by atoms with Crippen molar-refractivity contribution in [1.82, 2.24) is 0 Å².